The molecule has 1 radical (unpaired) electrons. The Kier molecular flexibility index (Phi) is 3.38. The van der Waals surface area contributed by atoms with E-state index in [1.165, 1.54) is 25.7 Å². The Morgan fingerprint density at radius 3 is 1.73 bits per heavy atom. The van der Waals surface area contributed by atoms with E-state index in [1.54, 1.807) is 0 Å². The molecule has 2 unspecified atom stereocenters. The van der Waals surface area contributed by atoms with Gasteiger partial charge in [0.1, 0.15) is 0 Å². The molecule has 1 aliphatic rings. The van der Waals surface area contributed by atoms with Crippen molar-refractivity contribution in [3.63, 3.8) is 0 Å². The molecule has 0 saturated carbocycles. The quantitative estimate of drug-likeness (QED) is 0.509. The predicted octanol–water partition coefficient (Wildman–Crippen LogP) is 2.58. The first-order valence-electron chi connectivity index (χ1n) is 4.88. The predicted molar refractivity (Wildman–Crippen MR) is 48.7 cm³/mol. The molecule has 0 aromatic carbocycles. The fourth-order valence-corrected chi connectivity index (χ4v) is 1.78. The molecular formula is C10H20N. The molecule has 1 rings (SSSR count). The van der Waals surface area contributed by atoms with Gasteiger partial charge in [-0.25, -0.2) is 5.32 Å². The summed E-state index contributed by atoms with van der Waals surface area (Å²) in [6.07, 6.45) is 5.34. The van der Waals surface area contributed by atoms with Gasteiger partial charge >= 0.3 is 0 Å². The van der Waals surface area contributed by atoms with E-state index in [2.05, 4.69) is 26.1 Å². The molecule has 0 spiro atoms. The van der Waals surface area contributed by atoms with Gasteiger partial charge in [0.05, 0.1) is 0 Å². The average molecular weight is 154 g/mol. The minimum atomic E-state index is 0.604. The number of rotatable bonds is 0. The highest BCUT2D eigenvalue weighted by Gasteiger charge is 2.15. The van der Waals surface area contributed by atoms with Crippen molar-refractivity contribution in [2.45, 2.75) is 58.5 Å². The molecule has 0 bridgehead atoms. The smallest absolute Gasteiger partial charge is 0.0221 e. The highest BCUT2D eigenvalue weighted by atomic mass is 14.9. The topological polar surface area (TPSA) is 14.1 Å². The zero-order valence-electron chi connectivity index (χ0n) is 8.01. The Labute approximate surface area is 70.6 Å². The van der Waals surface area contributed by atoms with E-state index < -0.39 is 0 Å². The normalized spacial score (nSPS) is 41.2. The second-order valence-electron chi connectivity index (χ2n) is 4.11. The van der Waals surface area contributed by atoms with Crippen LogP contribution in [0.25, 0.3) is 0 Å². The highest BCUT2D eigenvalue weighted by Crippen LogP contribution is 2.19. The third kappa shape index (κ3) is 3.24. The summed E-state index contributed by atoms with van der Waals surface area (Å²) in [5.41, 5.74) is 0. The van der Waals surface area contributed by atoms with Crippen molar-refractivity contribution in [3.8, 4) is 0 Å². The van der Waals surface area contributed by atoms with Crippen molar-refractivity contribution < 1.29 is 0 Å². The first-order chi connectivity index (χ1) is 5.18. The van der Waals surface area contributed by atoms with Gasteiger partial charge in [-0.1, -0.05) is 6.92 Å². The van der Waals surface area contributed by atoms with E-state index in [9.17, 15) is 0 Å². The SMILES string of the molecule is CC1CCC(C)[N]C(C)CC1. The maximum absolute atomic E-state index is 4.67. The molecule has 1 heteroatoms. The molecular weight excluding hydrogens is 134 g/mol. The van der Waals surface area contributed by atoms with Crippen molar-refractivity contribution in [2.75, 3.05) is 0 Å². The molecule has 0 amide bonds. The van der Waals surface area contributed by atoms with Crippen LogP contribution in [0.15, 0.2) is 0 Å². The molecule has 1 fully saturated rings. The summed E-state index contributed by atoms with van der Waals surface area (Å²) in [5, 5.41) is 4.67. The Balaban J connectivity index is 2.34. The summed E-state index contributed by atoms with van der Waals surface area (Å²) in [6, 6.07) is 1.21. The molecule has 65 valence electrons. The minimum Gasteiger partial charge on any atom is -0.236 e. The van der Waals surface area contributed by atoms with Crippen molar-refractivity contribution in [2.24, 2.45) is 5.92 Å². The number of nitrogens with zero attached hydrogens (tertiary/aromatic N) is 1. The van der Waals surface area contributed by atoms with Crippen LogP contribution < -0.4 is 5.32 Å². The van der Waals surface area contributed by atoms with Crippen molar-refractivity contribution >= 4 is 0 Å². The van der Waals surface area contributed by atoms with Crippen molar-refractivity contribution in [1.82, 2.24) is 5.32 Å². The number of hydrogen-bond donors (Lipinski definition) is 0. The molecule has 1 saturated heterocycles. The lowest BCUT2D eigenvalue weighted by Gasteiger charge is -2.24. The third-order valence-electron chi connectivity index (χ3n) is 2.66. The standard InChI is InChI=1S/C10H20N/c1-8-4-6-9(2)11-10(3)7-5-8/h8-10H,4-7H2,1-3H3. The van der Waals surface area contributed by atoms with Crippen LogP contribution in [0.4, 0.5) is 0 Å². The Morgan fingerprint density at radius 1 is 0.818 bits per heavy atom. The summed E-state index contributed by atoms with van der Waals surface area (Å²) in [7, 11) is 0. The molecule has 1 nitrogen and oxygen atoms in total. The summed E-state index contributed by atoms with van der Waals surface area (Å²) < 4.78 is 0. The van der Waals surface area contributed by atoms with E-state index in [4.69, 9.17) is 0 Å². The summed E-state index contributed by atoms with van der Waals surface area (Å²) >= 11 is 0. The first kappa shape index (κ1) is 9.05. The van der Waals surface area contributed by atoms with Crippen LogP contribution >= 0.6 is 0 Å². The van der Waals surface area contributed by atoms with Crippen molar-refractivity contribution in [1.29, 1.82) is 0 Å². The molecule has 2 atom stereocenters. The lowest BCUT2D eigenvalue weighted by atomic mass is 9.93. The monoisotopic (exact) mass is 154 g/mol. The third-order valence-corrected chi connectivity index (χ3v) is 2.66. The van der Waals surface area contributed by atoms with Gasteiger partial charge in [0, 0.05) is 12.1 Å². The van der Waals surface area contributed by atoms with E-state index in [1.807, 2.05) is 0 Å². The van der Waals surface area contributed by atoms with Crippen LogP contribution in [-0.2, 0) is 0 Å². The average Bonchev–Trinajstić information content (AvgIpc) is 1.95. The Morgan fingerprint density at radius 2 is 1.27 bits per heavy atom. The zero-order valence-corrected chi connectivity index (χ0v) is 8.01. The van der Waals surface area contributed by atoms with Crippen LogP contribution in [0.5, 0.6) is 0 Å². The van der Waals surface area contributed by atoms with E-state index in [0.29, 0.717) is 12.1 Å². The fraction of sp³-hybridized carbons (Fsp3) is 1.00. The van der Waals surface area contributed by atoms with Crippen LogP contribution in [0, 0.1) is 5.92 Å². The van der Waals surface area contributed by atoms with Crippen LogP contribution in [0.1, 0.15) is 46.5 Å². The Bertz CT molecular complexity index is 99.4. The van der Waals surface area contributed by atoms with Crippen LogP contribution in [0.2, 0.25) is 0 Å². The van der Waals surface area contributed by atoms with Gasteiger partial charge in [0.25, 0.3) is 0 Å². The molecule has 1 heterocycles. The maximum atomic E-state index is 4.67. The van der Waals surface area contributed by atoms with Crippen molar-refractivity contribution in [3.05, 3.63) is 0 Å². The molecule has 0 aromatic rings. The van der Waals surface area contributed by atoms with Crippen LogP contribution in [0.3, 0.4) is 0 Å². The summed E-state index contributed by atoms with van der Waals surface area (Å²) in [6.45, 7) is 6.86. The molecule has 0 N–H and O–H groups in total. The lowest BCUT2D eigenvalue weighted by Crippen LogP contribution is -2.30. The largest absolute Gasteiger partial charge is 0.236 e. The van der Waals surface area contributed by atoms with Crippen LogP contribution in [-0.4, -0.2) is 12.1 Å². The van der Waals surface area contributed by atoms with Gasteiger partial charge in [0.2, 0.25) is 0 Å². The Hall–Kier alpha value is -0.0400. The summed E-state index contributed by atoms with van der Waals surface area (Å²) in [4.78, 5) is 0. The fourth-order valence-electron chi connectivity index (χ4n) is 1.78. The molecule has 11 heavy (non-hydrogen) atoms. The molecule has 1 aliphatic heterocycles. The zero-order chi connectivity index (χ0) is 8.27. The summed E-state index contributed by atoms with van der Waals surface area (Å²) in [5.74, 6) is 0.926. The highest BCUT2D eigenvalue weighted by molar-refractivity contribution is 4.72. The lowest BCUT2D eigenvalue weighted by molar-refractivity contribution is 0.318. The second-order valence-corrected chi connectivity index (χ2v) is 4.11. The van der Waals surface area contributed by atoms with E-state index >= 15 is 0 Å². The van der Waals surface area contributed by atoms with Gasteiger partial charge in [-0.05, 0) is 45.4 Å². The molecule has 0 aromatic heterocycles. The minimum absolute atomic E-state index is 0.604. The number of hydrogen-bond acceptors (Lipinski definition) is 0. The van der Waals surface area contributed by atoms with Gasteiger partial charge in [-0.2, -0.15) is 0 Å². The maximum Gasteiger partial charge on any atom is 0.0221 e. The van der Waals surface area contributed by atoms with Gasteiger partial charge < -0.3 is 0 Å². The van der Waals surface area contributed by atoms with E-state index in [-0.39, 0.29) is 0 Å². The van der Waals surface area contributed by atoms with Gasteiger partial charge in [0.15, 0.2) is 0 Å². The first-order valence-corrected chi connectivity index (χ1v) is 4.88. The van der Waals surface area contributed by atoms with E-state index in [0.717, 1.165) is 5.92 Å². The van der Waals surface area contributed by atoms with Gasteiger partial charge in [-0.15, -0.1) is 0 Å². The van der Waals surface area contributed by atoms with Gasteiger partial charge in [-0.3, -0.25) is 0 Å². The molecule has 0 aliphatic carbocycles. The second kappa shape index (κ2) is 4.10.